The Morgan fingerprint density at radius 3 is 3.05 bits per heavy atom. The second-order valence-electron chi connectivity index (χ2n) is 5.38. The van der Waals surface area contributed by atoms with Crippen molar-refractivity contribution in [3.05, 3.63) is 53.8 Å². The van der Waals surface area contributed by atoms with Gasteiger partial charge in [-0.1, -0.05) is 12.7 Å². The van der Waals surface area contributed by atoms with E-state index in [2.05, 4.69) is 21.9 Å². The Kier molecular flexibility index (Phi) is 2.80. The highest BCUT2D eigenvalue weighted by atomic mass is 16.6. The maximum Gasteiger partial charge on any atom is 0.237 e. The summed E-state index contributed by atoms with van der Waals surface area (Å²) in [5.41, 5.74) is 3.30. The topological polar surface area (TPSA) is 79.5 Å². The van der Waals surface area contributed by atoms with Crippen molar-refractivity contribution in [1.29, 1.82) is 0 Å². The smallest absolute Gasteiger partial charge is 0.237 e. The molecule has 0 radical (unpaired) electrons. The first-order chi connectivity index (χ1) is 10.2. The average molecular weight is 285 g/mol. The van der Waals surface area contributed by atoms with Crippen LogP contribution in [0.4, 0.5) is 0 Å². The van der Waals surface area contributed by atoms with Gasteiger partial charge in [0.2, 0.25) is 5.91 Å². The van der Waals surface area contributed by atoms with Gasteiger partial charge < -0.3 is 19.8 Å². The number of amides is 1. The Morgan fingerprint density at radius 2 is 2.33 bits per heavy atom. The lowest BCUT2D eigenvalue weighted by Gasteiger charge is -2.25. The van der Waals surface area contributed by atoms with Crippen LogP contribution in [0.1, 0.15) is 11.6 Å². The fraction of sp³-hybridized carbons (Fsp3) is 0.333. The minimum atomic E-state index is -0.408. The molecule has 1 aromatic heterocycles. The lowest BCUT2D eigenvalue weighted by atomic mass is 9.86. The molecule has 21 heavy (non-hydrogen) atoms. The average Bonchev–Trinajstić information content (AvgIpc) is 3.01. The minimum Gasteiger partial charge on any atom is -0.371 e. The molecule has 1 saturated heterocycles. The summed E-state index contributed by atoms with van der Waals surface area (Å²) < 4.78 is 11.1. The van der Waals surface area contributed by atoms with Gasteiger partial charge in [0.15, 0.2) is 0 Å². The van der Waals surface area contributed by atoms with E-state index in [4.69, 9.17) is 9.47 Å². The number of epoxide rings is 1. The van der Waals surface area contributed by atoms with Crippen LogP contribution in [-0.2, 0) is 14.3 Å². The van der Waals surface area contributed by atoms with Crippen LogP contribution in [0.25, 0.3) is 0 Å². The molecule has 1 aliphatic carbocycles. The third-order valence-electron chi connectivity index (χ3n) is 3.91. The lowest BCUT2D eigenvalue weighted by molar-refractivity contribution is -0.120. The maximum absolute atomic E-state index is 12.3. The van der Waals surface area contributed by atoms with Crippen LogP contribution >= 0.6 is 0 Å². The molecule has 2 N–H and O–H groups in total. The summed E-state index contributed by atoms with van der Waals surface area (Å²) in [6, 6.07) is 0. The summed E-state index contributed by atoms with van der Waals surface area (Å²) in [5, 5.41) is 2.90. The van der Waals surface area contributed by atoms with E-state index in [0.29, 0.717) is 6.61 Å². The molecule has 1 amide bonds. The molecule has 3 heterocycles. The van der Waals surface area contributed by atoms with E-state index in [1.807, 2.05) is 12.2 Å². The van der Waals surface area contributed by atoms with Gasteiger partial charge in [-0.05, 0) is 11.6 Å². The molecule has 3 unspecified atom stereocenters. The van der Waals surface area contributed by atoms with Crippen molar-refractivity contribution in [2.24, 2.45) is 0 Å². The van der Waals surface area contributed by atoms with Gasteiger partial charge >= 0.3 is 0 Å². The number of allylic oxidation sites excluding steroid dienone is 1. The fourth-order valence-electron chi connectivity index (χ4n) is 2.78. The number of carbonyl (C=O) groups is 1. The molecule has 4 rings (SSSR count). The van der Waals surface area contributed by atoms with Crippen molar-refractivity contribution in [3.8, 4) is 0 Å². The minimum absolute atomic E-state index is 0.0696. The van der Waals surface area contributed by atoms with E-state index in [1.165, 1.54) is 0 Å². The second-order valence-corrected chi connectivity index (χ2v) is 5.38. The van der Waals surface area contributed by atoms with Gasteiger partial charge in [0.1, 0.15) is 18.1 Å². The third-order valence-corrected chi connectivity index (χ3v) is 3.91. The summed E-state index contributed by atoms with van der Waals surface area (Å²) in [6.45, 7) is 5.29. The molecule has 3 aliphatic rings. The van der Waals surface area contributed by atoms with Gasteiger partial charge in [0.05, 0.1) is 25.2 Å². The van der Waals surface area contributed by atoms with Gasteiger partial charge in [0, 0.05) is 17.5 Å². The van der Waals surface area contributed by atoms with Crippen LogP contribution in [0.3, 0.4) is 0 Å². The van der Waals surface area contributed by atoms with E-state index < -0.39 is 5.92 Å². The number of hydrogen-bond acceptors (Lipinski definition) is 4. The monoisotopic (exact) mass is 285 g/mol. The predicted octanol–water partition coefficient (Wildman–Crippen LogP) is 0.787. The highest BCUT2D eigenvalue weighted by Crippen LogP contribution is 2.39. The predicted molar refractivity (Wildman–Crippen MR) is 74.3 cm³/mol. The number of aromatic nitrogens is 2. The van der Waals surface area contributed by atoms with Crippen LogP contribution in [0.5, 0.6) is 0 Å². The van der Waals surface area contributed by atoms with Gasteiger partial charge in [-0.2, -0.15) is 0 Å². The van der Waals surface area contributed by atoms with Crippen molar-refractivity contribution in [2.45, 2.75) is 18.1 Å². The summed E-state index contributed by atoms with van der Waals surface area (Å²) in [6.07, 6.45) is 6.86. The Morgan fingerprint density at radius 1 is 1.48 bits per heavy atom. The molecule has 6 nitrogen and oxygen atoms in total. The van der Waals surface area contributed by atoms with E-state index >= 15 is 0 Å². The number of hydrogen-bond donors (Lipinski definition) is 2. The molecule has 0 spiro atoms. The van der Waals surface area contributed by atoms with Crippen molar-refractivity contribution < 1.29 is 14.3 Å². The Bertz CT molecular complexity index is 656. The SMILES string of the molecule is C=C1C=CC2=C(C1OCC1CO1)C(c1cnc[nH]1)C(=O)N2. The molecule has 0 saturated carbocycles. The first-order valence-electron chi connectivity index (χ1n) is 6.87. The van der Waals surface area contributed by atoms with Crippen molar-refractivity contribution in [3.63, 3.8) is 0 Å². The van der Waals surface area contributed by atoms with Crippen LogP contribution in [0, 0.1) is 0 Å². The van der Waals surface area contributed by atoms with Gasteiger partial charge in [0.25, 0.3) is 0 Å². The number of nitrogens with one attached hydrogen (secondary N) is 2. The van der Waals surface area contributed by atoms with Crippen molar-refractivity contribution in [1.82, 2.24) is 15.3 Å². The van der Waals surface area contributed by atoms with Gasteiger partial charge in [-0.3, -0.25) is 4.79 Å². The molecular weight excluding hydrogens is 270 g/mol. The molecule has 2 aliphatic heterocycles. The molecule has 3 atom stereocenters. The van der Waals surface area contributed by atoms with Crippen molar-refractivity contribution >= 4 is 5.91 Å². The highest BCUT2D eigenvalue weighted by Gasteiger charge is 2.41. The number of H-pyrrole nitrogens is 1. The maximum atomic E-state index is 12.3. The van der Waals surface area contributed by atoms with E-state index in [0.717, 1.165) is 29.1 Å². The molecular formula is C15H15N3O3. The van der Waals surface area contributed by atoms with Crippen LogP contribution < -0.4 is 5.32 Å². The molecule has 0 aromatic carbocycles. The fourth-order valence-corrected chi connectivity index (χ4v) is 2.78. The van der Waals surface area contributed by atoms with Crippen LogP contribution in [0.2, 0.25) is 0 Å². The number of imidazole rings is 1. The first-order valence-corrected chi connectivity index (χ1v) is 6.87. The number of carbonyl (C=O) groups excluding carboxylic acids is 1. The lowest BCUT2D eigenvalue weighted by Crippen LogP contribution is -2.26. The molecule has 6 heteroatoms. The zero-order valence-electron chi connectivity index (χ0n) is 11.3. The number of nitrogens with zero attached hydrogens (tertiary/aromatic N) is 1. The van der Waals surface area contributed by atoms with E-state index in [9.17, 15) is 4.79 Å². The second kappa shape index (κ2) is 4.68. The quantitative estimate of drug-likeness (QED) is 0.802. The molecule has 108 valence electrons. The normalized spacial score (nSPS) is 30.6. The summed E-state index contributed by atoms with van der Waals surface area (Å²) in [7, 11) is 0. The van der Waals surface area contributed by atoms with Gasteiger partial charge in [-0.25, -0.2) is 4.98 Å². The summed E-state index contributed by atoms with van der Waals surface area (Å²) >= 11 is 0. The van der Waals surface area contributed by atoms with Crippen molar-refractivity contribution in [2.75, 3.05) is 13.2 Å². The largest absolute Gasteiger partial charge is 0.371 e. The number of aromatic amines is 1. The Labute approximate surface area is 121 Å². The number of ether oxygens (including phenoxy) is 2. The molecule has 0 bridgehead atoms. The Balaban J connectivity index is 1.68. The van der Waals surface area contributed by atoms with E-state index in [1.54, 1.807) is 12.5 Å². The van der Waals surface area contributed by atoms with Crippen LogP contribution in [-0.4, -0.2) is 41.3 Å². The Hall–Kier alpha value is -2.18. The zero-order valence-corrected chi connectivity index (χ0v) is 11.3. The highest BCUT2D eigenvalue weighted by molar-refractivity contribution is 5.93. The third kappa shape index (κ3) is 2.12. The molecule has 1 aromatic rings. The van der Waals surface area contributed by atoms with Gasteiger partial charge in [-0.15, -0.1) is 0 Å². The number of rotatable bonds is 4. The summed E-state index contributed by atoms with van der Waals surface area (Å²) in [5.74, 6) is -0.478. The zero-order chi connectivity index (χ0) is 14.4. The molecule has 1 fully saturated rings. The van der Waals surface area contributed by atoms with Crippen LogP contribution in [0.15, 0.2) is 48.1 Å². The summed E-state index contributed by atoms with van der Waals surface area (Å²) in [4.78, 5) is 19.3. The standard InChI is InChI=1S/C15H15N3O3/c1-8-2-3-10-12(14(8)21-6-9-5-20-9)13(15(19)18-10)11-4-16-7-17-11/h2-4,7,9,13-14H,1,5-6H2,(H,16,17)(H,18,19). The first kappa shape index (κ1) is 12.6. The van der Waals surface area contributed by atoms with E-state index in [-0.39, 0.29) is 18.1 Å².